The maximum absolute atomic E-state index is 13.5. The molecule has 1 aromatic heterocycles. The standard InChI is InChI=1S/C23H23FN2O4S/c24-13-18-30-22-7-3-4-8-23(22)31(28,29)26(16-17-27)21-6-2-1-5-20(21)10-9-19-11-14-25-15-12-19/h1-12,14-15,27H,13,16-18H2. The summed E-state index contributed by atoms with van der Waals surface area (Å²) in [6.07, 6.45) is 6.99. The Morgan fingerprint density at radius 1 is 1.00 bits per heavy atom. The highest BCUT2D eigenvalue weighted by Gasteiger charge is 2.29. The van der Waals surface area contributed by atoms with Crippen LogP contribution in [0.25, 0.3) is 12.2 Å². The molecule has 3 rings (SSSR count). The normalized spacial score (nSPS) is 11.5. The molecule has 2 aromatic carbocycles. The summed E-state index contributed by atoms with van der Waals surface area (Å²) in [5.41, 5.74) is 1.96. The summed E-state index contributed by atoms with van der Waals surface area (Å²) in [5.74, 6) is 0.0629. The molecule has 0 saturated carbocycles. The fourth-order valence-corrected chi connectivity index (χ4v) is 4.64. The minimum Gasteiger partial charge on any atom is -0.489 e. The van der Waals surface area contributed by atoms with Gasteiger partial charge in [0.1, 0.15) is 23.9 Å². The number of aliphatic hydroxyl groups is 1. The van der Waals surface area contributed by atoms with Gasteiger partial charge in [-0.1, -0.05) is 42.5 Å². The zero-order valence-corrected chi connectivity index (χ0v) is 17.6. The smallest absolute Gasteiger partial charge is 0.268 e. The Kier molecular flexibility index (Phi) is 7.75. The second-order valence-corrected chi connectivity index (χ2v) is 8.29. The number of benzene rings is 2. The molecule has 0 amide bonds. The van der Waals surface area contributed by atoms with Crippen molar-refractivity contribution >= 4 is 27.9 Å². The van der Waals surface area contributed by atoms with Gasteiger partial charge in [0, 0.05) is 12.4 Å². The quantitative estimate of drug-likeness (QED) is 0.517. The van der Waals surface area contributed by atoms with Crippen LogP contribution in [0.2, 0.25) is 0 Å². The third kappa shape index (κ3) is 5.48. The predicted molar refractivity (Wildman–Crippen MR) is 119 cm³/mol. The minimum atomic E-state index is -4.10. The summed E-state index contributed by atoms with van der Waals surface area (Å²) in [5, 5.41) is 9.61. The lowest BCUT2D eigenvalue weighted by Crippen LogP contribution is -2.34. The maximum Gasteiger partial charge on any atom is 0.268 e. The summed E-state index contributed by atoms with van der Waals surface area (Å²) in [4.78, 5) is 3.89. The lowest BCUT2D eigenvalue weighted by molar-refractivity contribution is 0.267. The predicted octanol–water partition coefficient (Wildman–Crippen LogP) is 3.79. The molecule has 0 bridgehead atoms. The van der Waals surface area contributed by atoms with Gasteiger partial charge >= 0.3 is 0 Å². The summed E-state index contributed by atoms with van der Waals surface area (Å²) in [6.45, 7) is -1.52. The van der Waals surface area contributed by atoms with E-state index in [1.807, 2.05) is 18.2 Å². The van der Waals surface area contributed by atoms with Crippen LogP contribution in [0.4, 0.5) is 10.1 Å². The molecule has 1 N–H and O–H groups in total. The molecule has 0 aliphatic rings. The zero-order chi connectivity index (χ0) is 22.1. The Bertz CT molecular complexity index is 1120. The van der Waals surface area contributed by atoms with Crippen molar-refractivity contribution in [3.63, 3.8) is 0 Å². The Morgan fingerprint density at radius 3 is 2.45 bits per heavy atom. The van der Waals surface area contributed by atoms with E-state index in [0.29, 0.717) is 11.3 Å². The fourth-order valence-electron chi connectivity index (χ4n) is 3.03. The first-order valence-electron chi connectivity index (χ1n) is 9.66. The number of hydrogen-bond acceptors (Lipinski definition) is 5. The average molecular weight is 443 g/mol. The molecule has 0 fully saturated rings. The fraction of sp³-hybridized carbons (Fsp3) is 0.174. The van der Waals surface area contributed by atoms with Crippen molar-refractivity contribution in [2.45, 2.75) is 4.90 Å². The van der Waals surface area contributed by atoms with Crippen molar-refractivity contribution in [3.8, 4) is 5.75 Å². The first kappa shape index (κ1) is 22.5. The largest absolute Gasteiger partial charge is 0.489 e. The highest BCUT2D eigenvalue weighted by Crippen LogP contribution is 2.32. The number of anilines is 1. The molecular formula is C23H23FN2O4S. The van der Waals surface area contributed by atoms with Gasteiger partial charge in [-0.25, -0.2) is 12.8 Å². The van der Waals surface area contributed by atoms with E-state index < -0.39 is 16.7 Å². The van der Waals surface area contributed by atoms with Crippen LogP contribution in [0.15, 0.2) is 78.0 Å². The molecule has 8 heteroatoms. The number of pyridine rings is 1. The van der Waals surface area contributed by atoms with Crippen LogP contribution in [0.3, 0.4) is 0 Å². The Morgan fingerprint density at radius 2 is 1.71 bits per heavy atom. The first-order chi connectivity index (χ1) is 15.1. The molecule has 0 spiro atoms. The van der Waals surface area contributed by atoms with Gasteiger partial charge in [-0.05, 0) is 41.5 Å². The summed E-state index contributed by atoms with van der Waals surface area (Å²) >= 11 is 0. The summed E-state index contributed by atoms with van der Waals surface area (Å²) < 4.78 is 46.1. The minimum absolute atomic E-state index is 0.0629. The van der Waals surface area contributed by atoms with Crippen molar-refractivity contribution in [3.05, 3.63) is 84.2 Å². The van der Waals surface area contributed by atoms with Gasteiger partial charge in [0.2, 0.25) is 0 Å². The van der Waals surface area contributed by atoms with E-state index in [1.165, 1.54) is 12.1 Å². The van der Waals surface area contributed by atoms with Gasteiger partial charge in [0.05, 0.1) is 18.8 Å². The van der Waals surface area contributed by atoms with Crippen LogP contribution in [0, 0.1) is 0 Å². The first-order valence-corrected chi connectivity index (χ1v) is 11.1. The van der Waals surface area contributed by atoms with E-state index in [4.69, 9.17) is 4.74 Å². The molecule has 31 heavy (non-hydrogen) atoms. The Hall–Kier alpha value is -3.23. The van der Waals surface area contributed by atoms with Gasteiger partial charge in [0.15, 0.2) is 0 Å². The highest BCUT2D eigenvalue weighted by molar-refractivity contribution is 7.93. The van der Waals surface area contributed by atoms with Crippen LogP contribution in [0.5, 0.6) is 5.75 Å². The molecule has 3 aromatic rings. The number of para-hydroxylation sites is 2. The number of rotatable bonds is 10. The Labute approximate surface area is 181 Å². The maximum atomic E-state index is 13.5. The van der Waals surface area contributed by atoms with Crippen LogP contribution in [0.1, 0.15) is 11.1 Å². The molecule has 6 nitrogen and oxygen atoms in total. The van der Waals surface area contributed by atoms with Gasteiger partial charge < -0.3 is 9.84 Å². The lowest BCUT2D eigenvalue weighted by Gasteiger charge is -2.26. The van der Waals surface area contributed by atoms with E-state index in [1.54, 1.807) is 54.9 Å². The molecule has 0 atom stereocenters. The Balaban J connectivity index is 2.04. The van der Waals surface area contributed by atoms with E-state index in [9.17, 15) is 17.9 Å². The highest BCUT2D eigenvalue weighted by atomic mass is 32.2. The molecule has 0 saturated heterocycles. The molecule has 0 aliphatic carbocycles. The number of halogens is 1. The van der Waals surface area contributed by atoms with Gasteiger partial charge in [0.25, 0.3) is 10.0 Å². The molecule has 0 radical (unpaired) electrons. The van der Waals surface area contributed by atoms with Crippen molar-refractivity contribution < 1.29 is 22.7 Å². The summed E-state index contributed by atoms with van der Waals surface area (Å²) in [7, 11) is -4.10. The number of aromatic nitrogens is 1. The molecule has 162 valence electrons. The number of alkyl halides is 1. The average Bonchev–Trinajstić information content (AvgIpc) is 2.81. The second kappa shape index (κ2) is 10.7. The number of sulfonamides is 1. The van der Waals surface area contributed by atoms with E-state index in [0.717, 1.165) is 9.87 Å². The zero-order valence-electron chi connectivity index (χ0n) is 16.8. The van der Waals surface area contributed by atoms with Crippen molar-refractivity contribution in [2.75, 3.05) is 30.7 Å². The summed E-state index contributed by atoms with van der Waals surface area (Å²) in [6, 6.07) is 16.7. The van der Waals surface area contributed by atoms with E-state index in [-0.39, 0.29) is 30.4 Å². The topological polar surface area (TPSA) is 79.7 Å². The van der Waals surface area contributed by atoms with Crippen molar-refractivity contribution in [2.24, 2.45) is 0 Å². The molecule has 0 aliphatic heterocycles. The van der Waals surface area contributed by atoms with Crippen LogP contribution in [-0.4, -0.2) is 44.9 Å². The van der Waals surface area contributed by atoms with Gasteiger partial charge in [-0.2, -0.15) is 0 Å². The van der Waals surface area contributed by atoms with Crippen molar-refractivity contribution in [1.82, 2.24) is 4.98 Å². The number of nitrogens with zero attached hydrogens (tertiary/aromatic N) is 2. The monoisotopic (exact) mass is 442 g/mol. The van der Waals surface area contributed by atoms with E-state index >= 15 is 0 Å². The van der Waals surface area contributed by atoms with Gasteiger partial charge in [-0.3, -0.25) is 9.29 Å². The van der Waals surface area contributed by atoms with Crippen LogP contribution in [-0.2, 0) is 10.0 Å². The second-order valence-electron chi connectivity index (χ2n) is 6.46. The SMILES string of the molecule is O=S(=O)(c1ccccc1OCCF)N(CCO)c1ccccc1C=Cc1ccncc1. The number of hydrogen-bond donors (Lipinski definition) is 1. The molecule has 0 unspecified atom stereocenters. The number of ether oxygens (including phenoxy) is 1. The molecule has 1 heterocycles. The van der Waals surface area contributed by atoms with Gasteiger partial charge in [-0.15, -0.1) is 0 Å². The lowest BCUT2D eigenvalue weighted by atomic mass is 10.1. The number of aliphatic hydroxyl groups excluding tert-OH is 1. The third-order valence-electron chi connectivity index (χ3n) is 4.42. The third-order valence-corrected chi connectivity index (χ3v) is 6.27. The van der Waals surface area contributed by atoms with Crippen molar-refractivity contribution in [1.29, 1.82) is 0 Å². The van der Waals surface area contributed by atoms with Crippen LogP contribution < -0.4 is 9.04 Å². The van der Waals surface area contributed by atoms with Crippen LogP contribution >= 0.6 is 0 Å². The van der Waals surface area contributed by atoms with E-state index in [2.05, 4.69) is 4.98 Å². The molecular weight excluding hydrogens is 419 g/mol.